The van der Waals surface area contributed by atoms with Crippen molar-refractivity contribution in [1.29, 1.82) is 0 Å². The molecule has 1 aromatic rings. The van der Waals surface area contributed by atoms with Crippen molar-refractivity contribution in [3.05, 3.63) is 29.3 Å². The van der Waals surface area contributed by atoms with E-state index in [4.69, 9.17) is 5.11 Å². The van der Waals surface area contributed by atoms with E-state index in [1.807, 2.05) is 6.92 Å². The minimum absolute atomic E-state index is 0.0898. The van der Waals surface area contributed by atoms with Crippen LogP contribution in [0.5, 0.6) is 0 Å². The highest BCUT2D eigenvalue weighted by atomic mass is 19.4. The SMILES string of the molecule is CCN(CCO)c1ccc(CNC)c(C(F)(F)F)c1. The average molecular weight is 276 g/mol. The van der Waals surface area contributed by atoms with Crippen LogP contribution in [0, 0.1) is 0 Å². The number of hydrogen-bond acceptors (Lipinski definition) is 3. The Morgan fingerprint density at radius 1 is 1.32 bits per heavy atom. The van der Waals surface area contributed by atoms with Gasteiger partial charge in [-0.25, -0.2) is 0 Å². The molecule has 1 rings (SSSR count). The molecule has 2 N–H and O–H groups in total. The Morgan fingerprint density at radius 2 is 2.00 bits per heavy atom. The van der Waals surface area contributed by atoms with Gasteiger partial charge in [0.25, 0.3) is 0 Å². The van der Waals surface area contributed by atoms with Gasteiger partial charge in [-0.1, -0.05) is 6.07 Å². The standard InChI is InChI=1S/C13H19F3N2O/c1-3-18(6-7-19)11-5-4-10(9-17-2)12(8-11)13(14,15)16/h4-5,8,17,19H,3,6-7,9H2,1-2H3. The van der Waals surface area contributed by atoms with Crippen molar-refractivity contribution < 1.29 is 18.3 Å². The Balaban J connectivity index is 3.17. The Labute approximate surface area is 111 Å². The van der Waals surface area contributed by atoms with Crippen LogP contribution in [-0.2, 0) is 12.7 Å². The molecule has 108 valence electrons. The minimum Gasteiger partial charge on any atom is -0.395 e. The fourth-order valence-electron chi connectivity index (χ4n) is 1.96. The average Bonchev–Trinajstić information content (AvgIpc) is 2.35. The molecule has 0 aliphatic heterocycles. The Kier molecular flexibility index (Phi) is 5.62. The summed E-state index contributed by atoms with van der Waals surface area (Å²) in [6.07, 6.45) is -4.37. The summed E-state index contributed by atoms with van der Waals surface area (Å²) in [4.78, 5) is 1.71. The summed E-state index contributed by atoms with van der Waals surface area (Å²) in [5.74, 6) is 0. The summed E-state index contributed by atoms with van der Waals surface area (Å²) < 4.78 is 39.0. The van der Waals surface area contributed by atoms with E-state index in [2.05, 4.69) is 5.32 Å². The number of rotatable bonds is 6. The number of anilines is 1. The summed E-state index contributed by atoms with van der Waals surface area (Å²) in [7, 11) is 1.61. The van der Waals surface area contributed by atoms with E-state index in [-0.39, 0.29) is 18.7 Å². The van der Waals surface area contributed by atoms with Crippen LogP contribution < -0.4 is 10.2 Å². The molecule has 0 saturated heterocycles. The molecule has 0 amide bonds. The number of aliphatic hydroxyl groups excluding tert-OH is 1. The van der Waals surface area contributed by atoms with Crippen molar-refractivity contribution in [2.24, 2.45) is 0 Å². The van der Waals surface area contributed by atoms with Crippen molar-refractivity contribution in [1.82, 2.24) is 5.32 Å². The summed E-state index contributed by atoms with van der Waals surface area (Å²) >= 11 is 0. The fraction of sp³-hybridized carbons (Fsp3) is 0.538. The Morgan fingerprint density at radius 3 is 2.47 bits per heavy atom. The third-order valence-corrected chi connectivity index (χ3v) is 2.88. The van der Waals surface area contributed by atoms with Crippen LogP contribution in [0.25, 0.3) is 0 Å². The van der Waals surface area contributed by atoms with Crippen molar-refractivity contribution in [2.75, 3.05) is 31.6 Å². The van der Waals surface area contributed by atoms with Gasteiger partial charge in [-0.15, -0.1) is 0 Å². The first-order valence-corrected chi connectivity index (χ1v) is 6.14. The van der Waals surface area contributed by atoms with Crippen LogP contribution in [0.1, 0.15) is 18.1 Å². The zero-order valence-corrected chi connectivity index (χ0v) is 11.1. The first kappa shape index (κ1) is 15.8. The monoisotopic (exact) mass is 276 g/mol. The van der Waals surface area contributed by atoms with Gasteiger partial charge < -0.3 is 15.3 Å². The van der Waals surface area contributed by atoms with E-state index in [0.29, 0.717) is 18.8 Å². The molecule has 0 fully saturated rings. The molecule has 0 unspecified atom stereocenters. The second-order valence-electron chi connectivity index (χ2n) is 4.17. The van der Waals surface area contributed by atoms with E-state index < -0.39 is 11.7 Å². The molecule has 0 radical (unpaired) electrons. The van der Waals surface area contributed by atoms with Crippen LogP contribution >= 0.6 is 0 Å². The minimum atomic E-state index is -4.37. The molecule has 0 atom stereocenters. The second-order valence-corrected chi connectivity index (χ2v) is 4.17. The molecule has 0 heterocycles. The smallest absolute Gasteiger partial charge is 0.395 e. The number of halogens is 3. The van der Waals surface area contributed by atoms with Gasteiger partial charge in [-0.2, -0.15) is 13.2 Å². The molecule has 0 aromatic heterocycles. The zero-order chi connectivity index (χ0) is 14.5. The highest BCUT2D eigenvalue weighted by Gasteiger charge is 2.33. The van der Waals surface area contributed by atoms with Gasteiger partial charge in [0.1, 0.15) is 0 Å². The summed E-state index contributed by atoms with van der Waals surface area (Å²) in [5.41, 5.74) is 0.0678. The third-order valence-electron chi connectivity index (χ3n) is 2.88. The molecular weight excluding hydrogens is 257 g/mol. The van der Waals surface area contributed by atoms with Gasteiger partial charge in [-0.3, -0.25) is 0 Å². The molecule has 3 nitrogen and oxygen atoms in total. The molecule has 0 aliphatic rings. The number of likely N-dealkylation sites (N-methyl/N-ethyl adjacent to an activating group) is 1. The van der Waals surface area contributed by atoms with Crippen LogP contribution in [-0.4, -0.2) is 31.9 Å². The maximum Gasteiger partial charge on any atom is 0.416 e. The number of alkyl halides is 3. The Bertz CT molecular complexity index is 407. The number of nitrogens with one attached hydrogen (secondary N) is 1. The summed E-state index contributed by atoms with van der Waals surface area (Å²) in [6, 6.07) is 4.28. The maximum absolute atomic E-state index is 13.0. The molecule has 6 heteroatoms. The molecule has 0 aliphatic carbocycles. The van der Waals surface area contributed by atoms with Crippen molar-refractivity contribution in [2.45, 2.75) is 19.6 Å². The summed E-state index contributed by atoms with van der Waals surface area (Å²) in [5, 5.41) is 11.7. The zero-order valence-electron chi connectivity index (χ0n) is 11.1. The topological polar surface area (TPSA) is 35.5 Å². The van der Waals surface area contributed by atoms with E-state index >= 15 is 0 Å². The van der Waals surface area contributed by atoms with E-state index in [9.17, 15) is 13.2 Å². The fourth-order valence-corrected chi connectivity index (χ4v) is 1.96. The van der Waals surface area contributed by atoms with Crippen molar-refractivity contribution in [3.63, 3.8) is 0 Å². The molecular formula is C13H19F3N2O. The Hall–Kier alpha value is -1.27. The number of hydrogen-bond donors (Lipinski definition) is 2. The van der Waals surface area contributed by atoms with Crippen LogP contribution in [0.4, 0.5) is 18.9 Å². The lowest BCUT2D eigenvalue weighted by Gasteiger charge is -2.24. The lowest BCUT2D eigenvalue weighted by molar-refractivity contribution is -0.138. The molecule has 0 spiro atoms. The predicted molar refractivity (Wildman–Crippen MR) is 69.2 cm³/mol. The maximum atomic E-state index is 13.0. The second kappa shape index (κ2) is 6.77. The number of nitrogens with zero attached hydrogens (tertiary/aromatic N) is 1. The molecule has 19 heavy (non-hydrogen) atoms. The van der Waals surface area contributed by atoms with Gasteiger partial charge in [-0.05, 0) is 31.7 Å². The van der Waals surface area contributed by atoms with E-state index in [1.165, 1.54) is 6.07 Å². The third kappa shape index (κ3) is 4.11. The quantitative estimate of drug-likeness (QED) is 0.836. The van der Waals surface area contributed by atoms with Crippen LogP contribution in [0.15, 0.2) is 18.2 Å². The van der Waals surface area contributed by atoms with E-state index in [0.717, 1.165) is 6.07 Å². The first-order chi connectivity index (χ1) is 8.93. The highest BCUT2D eigenvalue weighted by molar-refractivity contribution is 5.52. The molecule has 1 aromatic carbocycles. The van der Waals surface area contributed by atoms with E-state index in [1.54, 1.807) is 18.0 Å². The van der Waals surface area contributed by atoms with Crippen LogP contribution in [0.3, 0.4) is 0 Å². The van der Waals surface area contributed by atoms with Crippen LogP contribution in [0.2, 0.25) is 0 Å². The lowest BCUT2D eigenvalue weighted by Crippen LogP contribution is -2.27. The normalized spacial score (nSPS) is 11.7. The van der Waals surface area contributed by atoms with Gasteiger partial charge in [0, 0.05) is 25.3 Å². The van der Waals surface area contributed by atoms with Gasteiger partial charge in [0.2, 0.25) is 0 Å². The number of aliphatic hydroxyl groups is 1. The molecule has 0 saturated carbocycles. The largest absolute Gasteiger partial charge is 0.416 e. The lowest BCUT2D eigenvalue weighted by atomic mass is 10.1. The van der Waals surface area contributed by atoms with Gasteiger partial charge in [0.15, 0.2) is 0 Å². The van der Waals surface area contributed by atoms with Gasteiger partial charge >= 0.3 is 6.18 Å². The van der Waals surface area contributed by atoms with Crippen molar-refractivity contribution in [3.8, 4) is 0 Å². The van der Waals surface area contributed by atoms with Gasteiger partial charge in [0.05, 0.1) is 12.2 Å². The predicted octanol–water partition coefficient (Wildman–Crippen LogP) is 2.24. The van der Waals surface area contributed by atoms with Crippen molar-refractivity contribution >= 4 is 5.69 Å². The summed E-state index contributed by atoms with van der Waals surface area (Å²) in [6.45, 7) is 2.78. The number of benzene rings is 1. The first-order valence-electron chi connectivity index (χ1n) is 6.14. The highest BCUT2D eigenvalue weighted by Crippen LogP contribution is 2.34. The molecule has 0 bridgehead atoms.